The third-order valence-electron chi connectivity index (χ3n) is 2.68. The highest BCUT2D eigenvalue weighted by atomic mass is 35.5. The maximum Gasteiger partial charge on any atom is 0.368 e. The summed E-state index contributed by atoms with van der Waals surface area (Å²) >= 11 is 17.6. The van der Waals surface area contributed by atoms with E-state index in [1.807, 2.05) is 6.07 Å². The molecule has 0 aliphatic carbocycles. The monoisotopic (exact) mass is 357 g/mol. The van der Waals surface area contributed by atoms with Gasteiger partial charge in [0, 0.05) is 10.6 Å². The second kappa shape index (κ2) is 7.49. The van der Waals surface area contributed by atoms with Crippen LogP contribution in [0.3, 0.4) is 0 Å². The Morgan fingerprint density at radius 1 is 1.14 bits per heavy atom. The minimum absolute atomic E-state index is 0.00455. The molecule has 0 radical (unpaired) electrons. The zero-order valence-electron chi connectivity index (χ0n) is 11.3. The molecule has 0 spiro atoms. The molecule has 0 heterocycles. The van der Waals surface area contributed by atoms with E-state index in [1.54, 1.807) is 18.2 Å². The summed E-state index contributed by atoms with van der Waals surface area (Å²) < 4.78 is 5.15. The summed E-state index contributed by atoms with van der Waals surface area (Å²) in [5.74, 6) is -0.178. The molecule has 0 aliphatic rings. The molecule has 7 heteroatoms. The van der Waals surface area contributed by atoms with Crippen molar-refractivity contribution in [1.29, 1.82) is 0 Å². The molecule has 2 aromatic rings. The predicted octanol–water partition coefficient (Wildman–Crippen LogP) is 4.85. The van der Waals surface area contributed by atoms with Crippen molar-refractivity contribution in [2.24, 2.45) is 5.16 Å². The molecule has 2 aromatic carbocycles. The number of para-hydroxylation sites is 1. The molecule has 0 amide bonds. The van der Waals surface area contributed by atoms with Gasteiger partial charge in [0.05, 0.1) is 28.9 Å². The quantitative estimate of drug-likeness (QED) is 0.446. The molecule has 0 saturated heterocycles. The lowest BCUT2D eigenvalue weighted by atomic mass is 10.2. The Labute approximate surface area is 142 Å². The number of rotatable bonds is 4. The lowest BCUT2D eigenvalue weighted by Crippen LogP contribution is -2.03. The minimum Gasteiger partial charge on any atom is -0.496 e. The highest BCUT2D eigenvalue weighted by Gasteiger charge is 2.17. The van der Waals surface area contributed by atoms with Crippen molar-refractivity contribution in [3.63, 3.8) is 0 Å². The molecular formula is C15H10Cl3NO3. The van der Waals surface area contributed by atoms with Gasteiger partial charge in [-0.3, -0.25) is 0 Å². The van der Waals surface area contributed by atoms with E-state index < -0.39 is 5.97 Å². The zero-order chi connectivity index (χ0) is 16.1. The molecule has 0 aliphatic heterocycles. The fourth-order valence-electron chi connectivity index (χ4n) is 1.69. The third-order valence-corrected chi connectivity index (χ3v) is 3.49. The number of hydrogen-bond acceptors (Lipinski definition) is 4. The van der Waals surface area contributed by atoms with Crippen LogP contribution in [-0.4, -0.2) is 19.3 Å². The van der Waals surface area contributed by atoms with Gasteiger partial charge in [0.2, 0.25) is 0 Å². The number of oxime groups is 1. The first-order chi connectivity index (χ1) is 10.5. The topological polar surface area (TPSA) is 47.9 Å². The maximum absolute atomic E-state index is 12.0. The first-order valence-corrected chi connectivity index (χ1v) is 7.18. The lowest BCUT2D eigenvalue weighted by molar-refractivity contribution is 0.0519. The van der Waals surface area contributed by atoms with E-state index in [1.165, 1.54) is 25.5 Å². The average Bonchev–Trinajstić information content (AvgIpc) is 2.46. The lowest BCUT2D eigenvalue weighted by Gasteiger charge is -2.05. The SMILES string of the molecule is COc1ccccc1/C=N/OC(=O)c1c(Cl)cc(Cl)cc1Cl. The molecule has 0 aromatic heterocycles. The largest absolute Gasteiger partial charge is 0.496 e. The summed E-state index contributed by atoms with van der Waals surface area (Å²) in [6, 6.07) is 9.94. The molecule has 0 saturated carbocycles. The van der Waals surface area contributed by atoms with Crippen LogP contribution < -0.4 is 4.74 Å². The first kappa shape index (κ1) is 16.6. The second-order valence-electron chi connectivity index (χ2n) is 4.10. The summed E-state index contributed by atoms with van der Waals surface area (Å²) in [6.45, 7) is 0. The van der Waals surface area contributed by atoms with Crippen molar-refractivity contribution in [3.05, 3.63) is 62.6 Å². The van der Waals surface area contributed by atoms with E-state index in [0.717, 1.165) is 0 Å². The van der Waals surface area contributed by atoms with Gasteiger partial charge in [0.15, 0.2) is 0 Å². The van der Waals surface area contributed by atoms with Crippen LogP contribution in [0.1, 0.15) is 15.9 Å². The fraction of sp³-hybridized carbons (Fsp3) is 0.0667. The standard InChI is InChI=1S/C15H10Cl3NO3/c1-21-13-5-3-2-4-9(13)8-19-22-15(20)14-11(17)6-10(16)7-12(14)18/h2-8H,1H3/b19-8+. The van der Waals surface area contributed by atoms with Gasteiger partial charge in [-0.15, -0.1) is 0 Å². The van der Waals surface area contributed by atoms with Crippen molar-refractivity contribution < 1.29 is 14.4 Å². The van der Waals surface area contributed by atoms with Crippen LogP contribution >= 0.6 is 34.8 Å². The Bertz CT molecular complexity index is 709. The number of methoxy groups -OCH3 is 1. The van der Waals surface area contributed by atoms with Gasteiger partial charge in [0.25, 0.3) is 0 Å². The molecule has 0 bridgehead atoms. The summed E-state index contributed by atoms with van der Waals surface area (Å²) in [5, 5.41) is 4.13. The Balaban J connectivity index is 2.15. The van der Waals surface area contributed by atoms with Gasteiger partial charge in [0.1, 0.15) is 5.75 Å². The van der Waals surface area contributed by atoms with Crippen LogP contribution in [0.4, 0.5) is 0 Å². The van der Waals surface area contributed by atoms with E-state index in [4.69, 9.17) is 44.4 Å². The highest BCUT2D eigenvalue weighted by molar-refractivity contribution is 6.41. The summed E-state index contributed by atoms with van der Waals surface area (Å²) in [6.07, 6.45) is 1.36. The average molecular weight is 359 g/mol. The van der Waals surface area contributed by atoms with E-state index >= 15 is 0 Å². The van der Waals surface area contributed by atoms with Crippen LogP contribution in [0.25, 0.3) is 0 Å². The van der Waals surface area contributed by atoms with Gasteiger partial charge in [-0.1, -0.05) is 52.1 Å². The van der Waals surface area contributed by atoms with Gasteiger partial charge < -0.3 is 9.57 Å². The van der Waals surface area contributed by atoms with E-state index in [2.05, 4.69) is 5.16 Å². The maximum atomic E-state index is 12.0. The van der Waals surface area contributed by atoms with Crippen molar-refractivity contribution in [2.75, 3.05) is 7.11 Å². The Morgan fingerprint density at radius 3 is 2.41 bits per heavy atom. The smallest absolute Gasteiger partial charge is 0.368 e. The molecule has 0 unspecified atom stereocenters. The van der Waals surface area contributed by atoms with E-state index in [0.29, 0.717) is 16.3 Å². The van der Waals surface area contributed by atoms with Crippen molar-refractivity contribution in [1.82, 2.24) is 0 Å². The van der Waals surface area contributed by atoms with Crippen molar-refractivity contribution >= 4 is 47.0 Å². The molecule has 114 valence electrons. The Morgan fingerprint density at radius 2 is 1.77 bits per heavy atom. The van der Waals surface area contributed by atoms with E-state index in [9.17, 15) is 4.79 Å². The molecule has 0 fully saturated rings. The van der Waals surface area contributed by atoms with Crippen LogP contribution in [0, 0.1) is 0 Å². The summed E-state index contributed by atoms with van der Waals surface area (Å²) in [5.41, 5.74) is 0.663. The van der Waals surface area contributed by atoms with Gasteiger partial charge in [-0.25, -0.2) is 4.79 Å². The van der Waals surface area contributed by atoms with Crippen LogP contribution in [-0.2, 0) is 4.84 Å². The molecule has 0 N–H and O–H groups in total. The summed E-state index contributed by atoms with van der Waals surface area (Å²) in [7, 11) is 1.53. The van der Waals surface area contributed by atoms with Crippen molar-refractivity contribution in [2.45, 2.75) is 0 Å². The molecule has 4 nitrogen and oxygen atoms in total. The molecule has 22 heavy (non-hydrogen) atoms. The molecule has 0 atom stereocenters. The Hall–Kier alpha value is -1.75. The minimum atomic E-state index is -0.780. The van der Waals surface area contributed by atoms with Crippen LogP contribution in [0.5, 0.6) is 5.75 Å². The highest BCUT2D eigenvalue weighted by Crippen LogP contribution is 2.29. The van der Waals surface area contributed by atoms with E-state index in [-0.39, 0.29) is 15.6 Å². The zero-order valence-corrected chi connectivity index (χ0v) is 13.6. The second-order valence-corrected chi connectivity index (χ2v) is 5.35. The molecule has 2 rings (SSSR count). The molecular weight excluding hydrogens is 349 g/mol. The van der Waals surface area contributed by atoms with Gasteiger partial charge in [-0.2, -0.15) is 0 Å². The van der Waals surface area contributed by atoms with Gasteiger partial charge in [-0.05, 0) is 24.3 Å². The Kier molecular flexibility index (Phi) is 5.66. The number of carbonyl (C=O) groups is 1. The normalized spacial score (nSPS) is 10.7. The number of benzene rings is 2. The number of hydrogen-bond donors (Lipinski definition) is 0. The summed E-state index contributed by atoms with van der Waals surface area (Å²) in [4.78, 5) is 16.8. The number of carbonyl (C=O) groups excluding carboxylic acids is 1. The third kappa shape index (κ3) is 3.91. The fourth-order valence-corrected chi connectivity index (χ4v) is 2.66. The number of nitrogens with zero attached hydrogens (tertiary/aromatic N) is 1. The van der Waals surface area contributed by atoms with Crippen molar-refractivity contribution in [3.8, 4) is 5.75 Å². The van der Waals surface area contributed by atoms with Gasteiger partial charge >= 0.3 is 5.97 Å². The predicted molar refractivity (Wildman–Crippen MR) is 87.5 cm³/mol. The number of halogens is 3. The number of ether oxygens (including phenoxy) is 1. The first-order valence-electron chi connectivity index (χ1n) is 6.05. The van der Waals surface area contributed by atoms with Crippen LogP contribution in [0.15, 0.2) is 41.6 Å². The van der Waals surface area contributed by atoms with Crippen LogP contribution in [0.2, 0.25) is 15.1 Å².